The lowest BCUT2D eigenvalue weighted by atomic mass is 10.1. The largest absolute Gasteiger partial charge is 0.390 e. The van der Waals surface area contributed by atoms with E-state index in [0.717, 1.165) is 11.1 Å². The van der Waals surface area contributed by atoms with Crippen LogP contribution in [-0.4, -0.2) is 22.1 Å². The fourth-order valence-electron chi connectivity index (χ4n) is 3.43. The third kappa shape index (κ3) is 2.76. The standard InChI is InChI=1S/C20H17FN2O2/c1-11-16(8-13-6-7-14(21)10-17(13)22-11)20(25)23-19-15-5-3-2-4-12(15)9-18(19)24/h2-8,10,18-19,24H,9H2,1H3,(H,23,25)/t18-,19+/m0/s1. The van der Waals surface area contributed by atoms with Crippen LogP contribution in [0.15, 0.2) is 48.5 Å². The van der Waals surface area contributed by atoms with Gasteiger partial charge < -0.3 is 10.4 Å². The maximum Gasteiger partial charge on any atom is 0.253 e. The summed E-state index contributed by atoms with van der Waals surface area (Å²) in [5, 5.41) is 13.9. The Hall–Kier alpha value is -2.79. The monoisotopic (exact) mass is 336 g/mol. The minimum Gasteiger partial charge on any atom is -0.390 e. The molecule has 5 heteroatoms. The molecule has 1 heterocycles. The highest BCUT2D eigenvalue weighted by atomic mass is 19.1. The van der Waals surface area contributed by atoms with E-state index >= 15 is 0 Å². The number of benzene rings is 2. The van der Waals surface area contributed by atoms with Crippen LogP contribution in [0.3, 0.4) is 0 Å². The number of carbonyl (C=O) groups excluding carboxylic acids is 1. The Morgan fingerprint density at radius 2 is 2.04 bits per heavy atom. The molecule has 1 aromatic heterocycles. The van der Waals surface area contributed by atoms with Gasteiger partial charge in [0, 0.05) is 17.9 Å². The van der Waals surface area contributed by atoms with Crippen molar-refractivity contribution in [2.75, 3.05) is 0 Å². The number of nitrogens with one attached hydrogen (secondary N) is 1. The lowest BCUT2D eigenvalue weighted by Gasteiger charge is -2.18. The van der Waals surface area contributed by atoms with Gasteiger partial charge in [-0.15, -0.1) is 0 Å². The molecule has 2 aromatic carbocycles. The highest BCUT2D eigenvalue weighted by Gasteiger charge is 2.32. The quantitative estimate of drug-likeness (QED) is 0.756. The Kier molecular flexibility index (Phi) is 3.73. The molecule has 4 nitrogen and oxygen atoms in total. The summed E-state index contributed by atoms with van der Waals surface area (Å²) in [6.45, 7) is 1.72. The van der Waals surface area contributed by atoms with Crippen LogP contribution < -0.4 is 5.32 Å². The molecule has 4 rings (SSSR count). The van der Waals surface area contributed by atoms with Gasteiger partial charge in [0.2, 0.25) is 0 Å². The Morgan fingerprint density at radius 3 is 2.88 bits per heavy atom. The lowest BCUT2D eigenvalue weighted by Crippen LogP contribution is -2.34. The summed E-state index contributed by atoms with van der Waals surface area (Å²) in [4.78, 5) is 17.1. The SMILES string of the molecule is Cc1nc2cc(F)ccc2cc1C(=O)N[C@@H]1c2ccccc2C[C@@H]1O. The maximum absolute atomic E-state index is 13.3. The lowest BCUT2D eigenvalue weighted by molar-refractivity contribution is 0.0857. The summed E-state index contributed by atoms with van der Waals surface area (Å²) in [5.41, 5.74) is 3.45. The first-order valence-corrected chi connectivity index (χ1v) is 8.16. The van der Waals surface area contributed by atoms with Gasteiger partial charge in [-0.2, -0.15) is 0 Å². The van der Waals surface area contributed by atoms with Crippen molar-refractivity contribution in [3.8, 4) is 0 Å². The zero-order valence-electron chi connectivity index (χ0n) is 13.7. The number of hydrogen-bond acceptors (Lipinski definition) is 3. The smallest absolute Gasteiger partial charge is 0.253 e. The number of aromatic nitrogens is 1. The van der Waals surface area contributed by atoms with Gasteiger partial charge in [0.05, 0.1) is 28.9 Å². The molecular weight excluding hydrogens is 319 g/mol. The first-order valence-electron chi connectivity index (χ1n) is 8.16. The molecule has 1 aliphatic rings. The molecule has 0 unspecified atom stereocenters. The van der Waals surface area contributed by atoms with Crippen LogP contribution in [0.4, 0.5) is 4.39 Å². The van der Waals surface area contributed by atoms with Crippen molar-refractivity contribution in [2.24, 2.45) is 0 Å². The molecule has 0 saturated heterocycles. The van der Waals surface area contributed by atoms with Gasteiger partial charge in [0.1, 0.15) is 5.82 Å². The van der Waals surface area contributed by atoms with Crippen LogP contribution in [0.1, 0.15) is 33.2 Å². The maximum atomic E-state index is 13.3. The summed E-state index contributed by atoms with van der Waals surface area (Å²) in [6.07, 6.45) is -0.126. The molecule has 2 N–H and O–H groups in total. The summed E-state index contributed by atoms with van der Waals surface area (Å²) in [6, 6.07) is 13.3. The number of hydrogen-bond donors (Lipinski definition) is 2. The van der Waals surface area contributed by atoms with E-state index in [9.17, 15) is 14.3 Å². The van der Waals surface area contributed by atoms with Crippen LogP contribution in [0.2, 0.25) is 0 Å². The molecular formula is C20H17FN2O2. The van der Waals surface area contributed by atoms with Crippen LogP contribution in [0.25, 0.3) is 10.9 Å². The second kappa shape index (κ2) is 5.93. The topological polar surface area (TPSA) is 62.2 Å². The van der Waals surface area contributed by atoms with Crippen molar-refractivity contribution in [1.29, 1.82) is 0 Å². The number of fused-ring (bicyclic) bond motifs is 2. The number of nitrogens with zero attached hydrogens (tertiary/aromatic N) is 1. The van der Waals surface area contributed by atoms with Crippen molar-refractivity contribution in [1.82, 2.24) is 10.3 Å². The van der Waals surface area contributed by atoms with Crippen LogP contribution in [0, 0.1) is 12.7 Å². The average molecular weight is 336 g/mol. The summed E-state index contributed by atoms with van der Waals surface area (Å²) >= 11 is 0. The van der Waals surface area contributed by atoms with E-state index in [1.807, 2.05) is 24.3 Å². The summed E-state index contributed by atoms with van der Waals surface area (Å²) in [7, 11) is 0. The summed E-state index contributed by atoms with van der Waals surface area (Å²) < 4.78 is 13.3. The third-order valence-electron chi connectivity index (χ3n) is 4.71. The van der Waals surface area contributed by atoms with Gasteiger partial charge in [-0.1, -0.05) is 24.3 Å². The molecule has 0 radical (unpaired) electrons. The molecule has 1 aliphatic carbocycles. The van der Waals surface area contributed by atoms with E-state index in [1.165, 1.54) is 12.1 Å². The molecule has 0 saturated carbocycles. The summed E-state index contributed by atoms with van der Waals surface area (Å²) in [5.74, 6) is -0.653. The van der Waals surface area contributed by atoms with Gasteiger partial charge >= 0.3 is 0 Å². The van der Waals surface area contributed by atoms with Crippen LogP contribution in [-0.2, 0) is 6.42 Å². The number of aliphatic hydroxyl groups is 1. The molecule has 2 atom stereocenters. The number of aliphatic hydroxyl groups excluding tert-OH is 1. The second-order valence-electron chi connectivity index (χ2n) is 6.38. The fraction of sp³-hybridized carbons (Fsp3) is 0.200. The Morgan fingerprint density at radius 1 is 1.24 bits per heavy atom. The van der Waals surface area contributed by atoms with Crippen molar-refractivity contribution in [3.05, 3.63) is 76.7 Å². The number of rotatable bonds is 2. The predicted octanol–water partition coefficient (Wildman–Crippen LogP) is 3.07. The number of carbonyl (C=O) groups is 1. The average Bonchev–Trinajstić information content (AvgIpc) is 2.90. The molecule has 126 valence electrons. The first-order chi connectivity index (χ1) is 12.0. The third-order valence-corrected chi connectivity index (χ3v) is 4.71. The zero-order valence-corrected chi connectivity index (χ0v) is 13.7. The minimum atomic E-state index is -0.649. The Labute approximate surface area is 144 Å². The molecule has 0 bridgehead atoms. The minimum absolute atomic E-state index is 0.294. The number of aryl methyl sites for hydroxylation is 1. The normalized spacial score (nSPS) is 19.0. The van der Waals surface area contributed by atoms with E-state index in [1.54, 1.807) is 19.1 Å². The molecule has 3 aromatic rings. The highest BCUT2D eigenvalue weighted by Crippen LogP contribution is 2.31. The number of amides is 1. The molecule has 0 fully saturated rings. The van der Waals surface area contributed by atoms with Gasteiger partial charge in [0.25, 0.3) is 5.91 Å². The van der Waals surface area contributed by atoms with E-state index in [0.29, 0.717) is 28.6 Å². The van der Waals surface area contributed by atoms with Crippen molar-refractivity contribution < 1.29 is 14.3 Å². The van der Waals surface area contributed by atoms with E-state index in [4.69, 9.17) is 0 Å². The van der Waals surface area contributed by atoms with Crippen LogP contribution >= 0.6 is 0 Å². The van der Waals surface area contributed by atoms with Crippen molar-refractivity contribution >= 4 is 16.8 Å². The van der Waals surface area contributed by atoms with E-state index < -0.39 is 12.1 Å². The fourth-order valence-corrected chi connectivity index (χ4v) is 3.43. The zero-order chi connectivity index (χ0) is 17.6. The molecule has 1 amide bonds. The molecule has 0 spiro atoms. The molecule has 25 heavy (non-hydrogen) atoms. The van der Waals surface area contributed by atoms with Crippen LogP contribution in [0.5, 0.6) is 0 Å². The van der Waals surface area contributed by atoms with Crippen molar-refractivity contribution in [3.63, 3.8) is 0 Å². The number of halogens is 1. The number of pyridine rings is 1. The van der Waals surface area contributed by atoms with Gasteiger partial charge in [0.15, 0.2) is 0 Å². The first kappa shape index (κ1) is 15.7. The Bertz CT molecular complexity index is 987. The molecule has 0 aliphatic heterocycles. The van der Waals surface area contributed by atoms with E-state index in [2.05, 4.69) is 10.3 Å². The highest BCUT2D eigenvalue weighted by molar-refractivity contribution is 5.99. The van der Waals surface area contributed by atoms with Gasteiger partial charge in [-0.05, 0) is 36.2 Å². The Balaban J connectivity index is 1.66. The predicted molar refractivity (Wildman–Crippen MR) is 92.8 cm³/mol. The van der Waals surface area contributed by atoms with Gasteiger partial charge in [-0.3, -0.25) is 9.78 Å². The van der Waals surface area contributed by atoms with Crippen molar-refractivity contribution in [2.45, 2.75) is 25.5 Å². The van der Waals surface area contributed by atoms with E-state index in [-0.39, 0.29) is 11.7 Å². The van der Waals surface area contributed by atoms with Gasteiger partial charge in [-0.25, -0.2) is 4.39 Å². The second-order valence-corrected chi connectivity index (χ2v) is 6.38.